The molecule has 0 aliphatic carbocycles. The van der Waals surface area contributed by atoms with E-state index in [4.69, 9.17) is 0 Å². The van der Waals surface area contributed by atoms with Crippen molar-refractivity contribution in [3.8, 4) is 0 Å². The van der Waals surface area contributed by atoms with Crippen LogP contribution in [0.3, 0.4) is 0 Å². The summed E-state index contributed by atoms with van der Waals surface area (Å²) in [6.45, 7) is 0.395. The summed E-state index contributed by atoms with van der Waals surface area (Å²) in [5.41, 5.74) is 0. The van der Waals surface area contributed by atoms with Crippen LogP contribution in [0, 0.1) is 0 Å². The van der Waals surface area contributed by atoms with Crippen LogP contribution in [-0.2, 0) is 0 Å². The summed E-state index contributed by atoms with van der Waals surface area (Å²) in [7, 11) is 0. The van der Waals surface area contributed by atoms with Gasteiger partial charge in [0.25, 0.3) is 0 Å². The molecule has 0 atom stereocenters. The van der Waals surface area contributed by atoms with Gasteiger partial charge in [0.2, 0.25) is 0 Å². The highest BCUT2D eigenvalue weighted by atomic mass is 16.2. The fourth-order valence-electron chi connectivity index (χ4n) is 0.318. The van der Waals surface area contributed by atoms with Gasteiger partial charge in [-0.05, 0) is 0 Å². The van der Waals surface area contributed by atoms with E-state index in [1.807, 2.05) is 0 Å². The molecule has 2 amide bonds. The Morgan fingerprint density at radius 3 is 3.00 bits per heavy atom. The molecule has 0 unspecified atom stereocenters. The predicted octanol–water partition coefficient (Wildman–Crippen LogP) is -0.715. The predicted molar refractivity (Wildman–Crippen MR) is 25.0 cm³/mol. The summed E-state index contributed by atoms with van der Waals surface area (Å²) in [5, 5.41) is 4.77. The van der Waals surface area contributed by atoms with Crippen LogP contribution >= 0.6 is 0 Å². The van der Waals surface area contributed by atoms with E-state index in [1.54, 1.807) is 0 Å². The normalized spacial score (nSPS) is 18.0. The van der Waals surface area contributed by atoms with Crippen LogP contribution < -0.4 is 10.6 Å². The maximum Gasteiger partial charge on any atom is 0.321 e. The third kappa shape index (κ3) is 0.887. The van der Waals surface area contributed by atoms with Crippen LogP contribution in [0.25, 0.3) is 0 Å². The summed E-state index contributed by atoms with van der Waals surface area (Å²) in [6, 6.07) is -0.185. The van der Waals surface area contributed by atoms with Crippen molar-refractivity contribution < 1.29 is 4.79 Å². The van der Waals surface area contributed by atoms with Gasteiger partial charge in [0.15, 0.2) is 0 Å². The SMILES string of the molecule is O=C1NC=NCN1. The van der Waals surface area contributed by atoms with Crippen molar-refractivity contribution in [3.63, 3.8) is 0 Å². The summed E-state index contributed by atoms with van der Waals surface area (Å²) in [5.74, 6) is 0. The first-order valence-electron chi connectivity index (χ1n) is 1.92. The van der Waals surface area contributed by atoms with E-state index >= 15 is 0 Å². The quantitative estimate of drug-likeness (QED) is 0.414. The average molecular weight is 99.1 g/mol. The number of rotatable bonds is 0. The summed E-state index contributed by atoms with van der Waals surface area (Å²) < 4.78 is 0. The molecule has 0 saturated carbocycles. The molecule has 0 aromatic rings. The minimum Gasteiger partial charge on any atom is -0.318 e. The first-order valence-corrected chi connectivity index (χ1v) is 1.92. The van der Waals surface area contributed by atoms with E-state index in [-0.39, 0.29) is 6.03 Å². The zero-order valence-corrected chi connectivity index (χ0v) is 3.64. The molecule has 4 heteroatoms. The summed E-state index contributed by atoms with van der Waals surface area (Å²) in [4.78, 5) is 13.8. The van der Waals surface area contributed by atoms with Gasteiger partial charge in [0.1, 0.15) is 6.67 Å². The first-order chi connectivity index (χ1) is 3.39. The Morgan fingerprint density at radius 1 is 1.86 bits per heavy atom. The molecule has 0 saturated heterocycles. The summed E-state index contributed by atoms with van der Waals surface area (Å²) >= 11 is 0. The molecule has 0 bridgehead atoms. The van der Waals surface area contributed by atoms with E-state index in [2.05, 4.69) is 15.6 Å². The highest BCUT2D eigenvalue weighted by Gasteiger charge is 1.96. The highest BCUT2D eigenvalue weighted by molar-refractivity contribution is 5.87. The van der Waals surface area contributed by atoms with Crippen molar-refractivity contribution in [3.05, 3.63) is 0 Å². The fraction of sp³-hybridized carbons (Fsp3) is 0.333. The molecule has 1 aliphatic heterocycles. The molecule has 0 aromatic heterocycles. The second-order valence-electron chi connectivity index (χ2n) is 1.12. The van der Waals surface area contributed by atoms with Crippen LogP contribution in [0.4, 0.5) is 4.79 Å². The molecule has 0 radical (unpaired) electrons. The molecule has 2 N–H and O–H groups in total. The van der Waals surface area contributed by atoms with Gasteiger partial charge < -0.3 is 5.32 Å². The molecular weight excluding hydrogens is 94.1 g/mol. The van der Waals surface area contributed by atoms with Crippen molar-refractivity contribution in [2.24, 2.45) is 4.99 Å². The van der Waals surface area contributed by atoms with Crippen molar-refractivity contribution in [2.75, 3.05) is 6.67 Å². The van der Waals surface area contributed by atoms with E-state index in [0.29, 0.717) is 6.67 Å². The maximum atomic E-state index is 10.1. The first kappa shape index (κ1) is 4.11. The van der Waals surface area contributed by atoms with Crippen LogP contribution in [-0.4, -0.2) is 19.0 Å². The summed E-state index contributed by atoms with van der Waals surface area (Å²) in [6.07, 6.45) is 1.37. The molecule has 7 heavy (non-hydrogen) atoms. The number of amides is 2. The minimum atomic E-state index is -0.185. The van der Waals surface area contributed by atoms with Crippen molar-refractivity contribution in [2.45, 2.75) is 0 Å². The molecule has 0 spiro atoms. The largest absolute Gasteiger partial charge is 0.321 e. The number of hydrogen-bond donors (Lipinski definition) is 2. The molecule has 1 heterocycles. The Morgan fingerprint density at radius 2 is 2.71 bits per heavy atom. The molecule has 0 fully saturated rings. The third-order valence-electron chi connectivity index (χ3n) is 0.618. The maximum absolute atomic E-state index is 10.1. The van der Waals surface area contributed by atoms with E-state index in [1.165, 1.54) is 6.34 Å². The van der Waals surface area contributed by atoms with Gasteiger partial charge in [-0.25, -0.2) is 4.79 Å². The van der Waals surface area contributed by atoms with Crippen molar-refractivity contribution >= 4 is 12.4 Å². The average Bonchev–Trinajstić information content (AvgIpc) is 1.69. The van der Waals surface area contributed by atoms with Crippen LogP contribution in [0.2, 0.25) is 0 Å². The smallest absolute Gasteiger partial charge is 0.318 e. The van der Waals surface area contributed by atoms with Gasteiger partial charge in [-0.15, -0.1) is 0 Å². The van der Waals surface area contributed by atoms with Gasteiger partial charge >= 0.3 is 6.03 Å². The Bertz CT molecular complexity index is 109. The number of aliphatic imine (C=N–C) groups is 1. The van der Waals surface area contributed by atoms with E-state index in [0.717, 1.165) is 0 Å². The molecule has 38 valence electrons. The number of carbonyl (C=O) groups excluding carboxylic acids is 1. The van der Waals surface area contributed by atoms with Gasteiger partial charge in [-0.3, -0.25) is 10.3 Å². The topological polar surface area (TPSA) is 53.5 Å². The van der Waals surface area contributed by atoms with Crippen molar-refractivity contribution in [1.29, 1.82) is 0 Å². The number of nitrogens with zero attached hydrogens (tertiary/aromatic N) is 1. The van der Waals surface area contributed by atoms with E-state index < -0.39 is 0 Å². The van der Waals surface area contributed by atoms with Crippen LogP contribution in [0.15, 0.2) is 4.99 Å². The Kier molecular flexibility index (Phi) is 0.934. The van der Waals surface area contributed by atoms with Crippen molar-refractivity contribution in [1.82, 2.24) is 10.6 Å². The number of hydrogen-bond acceptors (Lipinski definition) is 2. The lowest BCUT2D eigenvalue weighted by atomic mass is 10.8. The Hall–Kier alpha value is -1.06. The molecular formula is C3H5N3O. The zero-order valence-electron chi connectivity index (χ0n) is 3.64. The van der Waals surface area contributed by atoms with Crippen LogP contribution in [0.5, 0.6) is 0 Å². The molecule has 4 nitrogen and oxygen atoms in total. The third-order valence-corrected chi connectivity index (χ3v) is 0.618. The van der Waals surface area contributed by atoms with Crippen LogP contribution in [0.1, 0.15) is 0 Å². The second-order valence-corrected chi connectivity index (χ2v) is 1.12. The lowest BCUT2D eigenvalue weighted by Crippen LogP contribution is -2.38. The fourth-order valence-corrected chi connectivity index (χ4v) is 0.318. The zero-order chi connectivity index (χ0) is 5.11. The highest BCUT2D eigenvalue weighted by Crippen LogP contribution is 1.68. The van der Waals surface area contributed by atoms with Gasteiger partial charge in [0.05, 0.1) is 6.34 Å². The lowest BCUT2D eigenvalue weighted by Gasteiger charge is -2.03. The van der Waals surface area contributed by atoms with Gasteiger partial charge in [-0.2, -0.15) is 0 Å². The van der Waals surface area contributed by atoms with Gasteiger partial charge in [-0.1, -0.05) is 0 Å². The Labute approximate surface area is 40.6 Å². The minimum absolute atomic E-state index is 0.185. The monoisotopic (exact) mass is 99.0 g/mol. The number of nitrogens with one attached hydrogen (secondary N) is 2. The second kappa shape index (κ2) is 1.59. The molecule has 0 aromatic carbocycles. The standard InChI is InChI=1S/C3H5N3O/c7-3-5-1-4-2-6-3/h1H,2H2,(H2,4,5,6,7). The number of urea groups is 1. The molecule has 1 aliphatic rings. The molecule has 1 rings (SSSR count). The van der Waals surface area contributed by atoms with E-state index in [9.17, 15) is 4.79 Å². The lowest BCUT2D eigenvalue weighted by molar-refractivity contribution is 0.245. The number of carbonyl (C=O) groups is 1. The van der Waals surface area contributed by atoms with Gasteiger partial charge in [0, 0.05) is 0 Å². The Balaban J connectivity index is 2.47.